The second-order valence-corrected chi connectivity index (χ2v) is 6.48. The first-order valence-electron chi connectivity index (χ1n) is 8.57. The van der Waals surface area contributed by atoms with Gasteiger partial charge in [-0.05, 0) is 43.7 Å². The van der Waals surface area contributed by atoms with Crippen LogP contribution in [0.5, 0.6) is 0 Å². The van der Waals surface area contributed by atoms with Crippen LogP contribution in [0.4, 0.5) is 5.69 Å². The Morgan fingerprint density at radius 1 is 0.963 bits per heavy atom. The average Bonchev–Trinajstić information content (AvgIpc) is 2.62. The van der Waals surface area contributed by atoms with E-state index >= 15 is 0 Å². The molecule has 2 aromatic rings. The third-order valence-corrected chi connectivity index (χ3v) is 4.38. The molecule has 0 bridgehead atoms. The molecule has 0 saturated heterocycles. The molecule has 0 radical (unpaired) electrons. The van der Waals surface area contributed by atoms with Crippen molar-refractivity contribution in [2.24, 2.45) is 5.92 Å². The van der Waals surface area contributed by atoms with E-state index in [1.165, 1.54) is 0 Å². The van der Waals surface area contributed by atoms with Crippen molar-refractivity contribution in [3.05, 3.63) is 64.1 Å². The number of anilines is 1. The van der Waals surface area contributed by atoms with Crippen molar-refractivity contribution in [2.75, 3.05) is 18.5 Å². The molecule has 1 unspecified atom stereocenters. The van der Waals surface area contributed by atoms with Crippen molar-refractivity contribution in [1.29, 1.82) is 0 Å². The molecule has 2 aromatic carbocycles. The first-order chi connectivity index (χ1) is 13.0. The lowest BCUT2D eigenvalue weighted by Gasteiger charge is -2.27. The Bertz CT molecular complexity index is 779. The van der Waals surface area contributed by atoms with Crippen LogP contribution < -0.4 is 5.32 Å². The van der Waals surface area contributed by atoms with Gasteiger partial charge in [-0.2, -0.15) is 0 Å². The number of rotatable bonds is 8. The van der Waals surface area contributed by atoms with Gasteiger partial charge < -0.3 is 14.8 Å². The molecule has 2 rings (SSSR count). The number of esters is 2. The summed E-state index contributed by atoms with van der Waals surface area (Å²) < 4.78 is 10.3. The first kappa shape index (κ1) is 21.1. The zero-order chi connectivity index (χ0) is 19.8. The molecule has 1 N–H and O–H groups in total. The van der Waals surface area contributed by atoms with Crippen LogP contribution in [-0.4, -0.2) is 25.2 Å². The largest absolute Gasteiger partial charge is 0.465 e. The van der Waals surface area contributed by atoms with Gasteiger partial charge in [0.2, 0.25) is 0 Å². The number of carbonyl (C=O) groups excluding carboxylic acids is 2. The molecule has 0 aliphatic carbocycles. The summed E-state index contributed by atoms with van der Waals surface area (Å²) in [6, 6.07) is 13.2. The molecule has 0 aliphatic heterocycles. The maximum absolute atomic E-state index is 12.6. The van der Waals surface area contributed by atoms with E-state index in [4.69, 9.17) is 32.7 Å². The van der Waals surface area contributed by atoms with Gasteiger partial charge in [0.15, 0.2) is 5.92 Å². The van der Waals surface area contributed by atoms with E-state index in [1.807, 2.05) is 0 Å². The van der Waals surface area contributed by atoms with Crippen LogP contribution in [0.3, 0.4) is 0 Å². The highest BCUT2D eigenvalue weighted by Gasteiger charge is 2.39. The van der Waals surface area contributed by atoms with Gasteiger partial charge in [0.05, 0.1) is 19.3 Å². The topological polar surface area (TPSA) is 64.6 Å². The van der Waals surface area contributed by atoms with Crippen LogP contribution in [0.1, 0.15) is 25.5 Å². The predicted octanol–water partition coefficient (Wildman–Crippen LogP) is 4.89. The minimum Gasteiger partial charge on any atom is -0.465 e. The minimum atomic E-state index is -1.23. The number of carbonyl (C=O) groups is 2. The molecule has 0 aromatic heterocycles. The second kappa shape index (κ2) is 10.2. The molecule has 0 aliphatic rings. The van der Waals surface area contributed by atoms with Gasteiger partial charge in [-0.25, -0.2) is 0 Å². The fourth-order valence-electron chi connectivity index (χ4n) is 2.66. The molecule has 27 heavy (non-hydrogen) atoms. The van der Waals surface area contributed by atoms with Crippen molar-refractivity contribution < 1.29 is 19.1 Å². The van der Waals surface area contributed by atoms with Gasteiger partial charge in [-0.1, -0.05) is 47.5 Å². The highest BCUT2D eigenvalue weighted by molar-refractivity contribution is 6.31. The van der Waals surface area contributed by atoms with Crippen molar-refractivity contribution in [1.82, 2.24) is 0 Å². The number of benzene rings is 2. The van der Waals surface area contributed by atoms with Gasteiger partial charge in [0.25, 0.3) is 0 Å². The van der Waals surface area contributed by atoms with Crippen LogP contribution >= 0.6 is 23.2 Å². The van der Waals surface area contributed by atoms with Crippen molar-refractivity contribution in [2.45, 2.75) is 19.9 Å². The maximum atomic E-state index is 12.6. The molecule has 5 nitrogen and oxygen atoms in total. The SMILES string of the molecule is CCOC(=O)C(C(=O)OCC)C(Nc1cccc(Cl)c1)c1ccccc1Cl. The highest BCUT2D eigenvalue weighted by Crippen LogP contribution is 2.34. The summed E-state index contributed by atoms with van der Waals surface area (Å²) in [5.41, 5.74) is 1.20. The Balaban J connectivity index is 2.51. The fraction of sp³-hybridized carbons (Fsp3) is 0.300. The fourth-order valence-corrected chi connectivity index (χ4v) is 3.10. The lowest BCUT2D eigenvalue weighted by Crippen LogP contribution is -2.37. The molecule has 7 heteroatoms. The predicted molar refractivity (Wildman–Crippen MR) is 106 cm³/mol. The van der Waals surface area contributed by atoms with Crippen LogP contribution in [0.2, 0.25) is 10.0 Å². The Hall–Kier alpha value is -2.24. The number of hydrogen-bond acceptors (Lipinski definition) is 5. The quantitative estimate of drug-likeness (QED) is 0.496. The molecule has 0 heterocycles. The van der Waals surface area contributed by atoms with Gasteiger partial charge in [0, 0.05) is 15.7 Å². The van der Waals surface area contributed by atoms with Gasteiger partial charge in [-0.15, -0.1) is 0 Å². The third-order valence-electron chi connectivity index (χ3n) is 3.80. The molecule has 0 saturated carbocycles. The third kappa shape index (κ3) is 5.62. The van der Waals surface area contributed by atoms with Crippen LogP contribution in [0.25, 0.3) is 0 Å². The molecule has 0 amide bonds. The first-order valence-corrected chi connectivity index (χ1v) is 9.33. The molecule has 0 fully saturated rings. The van der Waals surface area contributed by atoms with Gasteiger partial charge >= 0.3 is 11.9 Å². The molecular formula is C20H21Cl2NO4. The van der Waals surface area contributed by atoms with E-state index < -0.39 is 23.9 Å². The van der Waals surface area contributed by atoms with E-state index in [-0.39, 0.29) is 13.2 Å². The molecule has 144 valence electrons. The Morgan fingerprint density at radius 3 is 2.15 bits per heavy atom. The van der Waals surface area contributed by atoms with Gasteiger partial charge in [0.1, 0.15) is 0 Å². The van der Waals surface area contributed by atoms with Gasteiger partial charge in [-0.3, -0.25) is 9.59 Å². The summed E-state index contributed by atoms with van der Waals surface area (Å²) in [5, 5.41) is 4.11. The number of hydrogen-bond donors (Lipinski definition) is 1. The Labute approximate surface area is 168 Å². The number of nitrogens with one attached hydrogen (secondary N) is 1. The summed E-state index contributed by atoms with van der Waals surface area (Å²) >= 11 is 12.4. The Morgan fingerprint density at radius 2 is 1.59 bits per heavy atom. The van der Waals surface area contributed by atoms with E-state index in [0.29, 0.717) is 21.3 Å². The van der Waals surface area contributed by atoms with Crippen molar-refractivity contribution in [3.8, 4) is 0 Å². The lowest BCUT2D eigenvalue weighted by atomic mass is 9.92. The van der Waals surface area contributed by atoms with E-state index in [2.05, 4.69) is 5.32 Å². The highest BCUT2D eigenvalue weighted by atomic mass is 35.5. The molecule has 1 atom stereocenters. The second-order valence-electron chi connectivity index (χ2n) is 5.64. The molecular weight excluding hydrogens is 389 g/mol. The summed E-state index contributed by atoms with van der Waals surface area (Å²) in [7, 11) is 0. The van der Waals surface area contributed by atoms with E-state index in [9.17, 15) is 9.59 Å². The van der Waals surface area contributed by atoms with E-state index in [0.717, 1.165) is 0 Å². The summed E-state index contributed by atoms with van der Waals surface area (Å²) in [5.74, 6) is -2.60. The molecule has 0 spiro atoms. The normalized spacial score (nSPS) is 11.7. The summed E-state index contributed by atoms with van der Waals surface area (Å²) in [6.07, 6.45) is 0. The standard InChI is InChI=1S/C20H21Cl2NO4/c1-3-26-19(24)17(20(25)27-4-2)18(15-10-5-6-11-16(15)22)23-14-9-7-8-13(21)12-14/h5-12,17-18,23H,3-4H2,1-2H3. The van der Waals surface area contributed by atoms with Crippen LogP contribution in [-0.2, 0) is 19.1 Å². The van der Waals surface area contributed by atoms with Crippen molar-refractivity contribution >= 4 is 40.8 Å². The Kier molecular flexibility index (Phi) is 7.95. The zero-order valence-electron chi connectivity index (χ0n) is 15.1. The zero-order valence-corrected chi connectivity index (χ0v) is 16.6. The maximum Gasteiger partial charge on any atom is 0.322 e. The average molecular weight is 410 g/mol. The van der Waals surface area contributed by atoms with Crippen LogP contribution in [0, 0.1) is 5.92 Å². The number of ether oxygens (including phenoxy) is 2. The number of halogens is 2. The lowest BCUT2D eigenvalue weighted by molar-refractivity contribution is -0.162. The summed E-state index contributed by atoms with van der Waals surface area (Å²) in [6.45, 7) is 3.63. The van der Waals surface area contributed by atoms with Crippen molar-refractivity contribution in [3.63, 3.8) is 0 Å². The summed E-state index contributed by atoms with van der Waals surface area (Å²) in [4.78, 5) is 25.2. The van der Waals surface area contributed by atoms with Crippen LogP contribution in [0.15, 0.2) is 48.5 Å². The minimum absolute atomic E-state index is 0.140. The smallest absolute Gasteiger partial charge is 0.322 e. The monoisotopic (exact) mass is 409 g/mol. The van der Waals surface area contributed by atoms with E-state index in [1.54, 1.807) is 62.4 Å².